The highest BCUT2D eigenvalue weighted by molar-refractivity contribution is 8.00. The van der Waals surface area contributed by atoms with Crippen molar-refractivity contribution in [3.63, 3.8) is 0 Å². The molecule has 2 aliphatic rings. The molecule has 1 saturated carbocycles. The van der Waals surface area contributed by atoms with Crippen molar-refractivity contribution in [1.29, 1.82) is 0 Å². The number of carbonyl (C=O) groups excluding carboxylic acids is 1. The number of carbonyl (C=O) groups is 1. The molecule has 1 aromatic carbocycles. The van der Waals surface area contributed by atoms with Gasteiger partial charge in [-0.1, -0.05) is 12.8 Å². The molecule has 2 N–H and O–H groups in total. The Morgan fingerprint density at radius 2 is 1.81 bits per heavy atom. The summed E-state index contributed by atoms with van der Waals surface area (Å²) in [5.41, 5.74) is 0.902. The van der Waals surface area contributed by atoms with E-state index < -0.39 is 0 Å². The molecule has 1 saturated heterocycles. The molecular weight excluding hydrogens is 304 g/mol. The molecule has 5 heteroatoms. The summed E-state index contributed by atoms with van der Waals surface area (Å²) in [5.74, 6) is 0.0960. The van der Waals surface area contributed by atoms with E-state index in [9.17, 15) is 4.79 Å². The fraction of sp³-hybridized carbons (Fsp3) is 0.562. The number of amides is 1. The first-order valence-electron chi connectivity index (χ1n) is 7.62. The maximum absolute atomic E-state index is 12.0. The minimum absolute atomic E-state index is 0. The van der Waals surface area contributed by atoms with Crippen LogP contribution >= 0.6 is 24.2 Å². The molecule has 1 aromatic rings. The largest absolute Gasteiger partial charge is 0.325 e. The lowest BCUT2D eigenvalue weighted by Gasteiger charge is -2.12. The SMILES string of the molecule is Cl.O=C(Nc1ccc(SC2CCCC2)cc1)[C@@H]1CCCN1. The molecule has 1 aliphatic heterocycles. The third-order valence-electron chi connectivity index (χ3n) is 4.10. The van der Waals surface area contributed by atoms with Crippen molar-refractivity contribution in [2.24, 2.45) is 0 Å². The van der Waals surface area contributed by atoms with Crippen molar-refractivity contribution in [3.8, 4) is 0 Å². The zero-order valence-corrected chi connectivity index (χ0v) is 13.8. The maximum atomic E-state index is 12.0. The molecule has 21 heavy (non-hydrogen) atoms. The summed E-state index contributed by atoms with van der Waals surface area (Å²) in [5, 5.41) is 7.00. The first kappa shape index (κ1) is 16.7. The number of thioether (sulfide) groups is 1. The normalized spacial score (nSPS) is 22.0. The van der Waals surface area contributed by atoms with E-state index in [1.165, 1.54) is 30.6 Å². The average Bonchev–Trinajstić information content (AvgIpc) is 3.13. The molecule has 116 valence electrons. The number of anilines is 1. The van der Waals surface area contributed by atoms with Crippen LogP contribution in [-0.4, -0.2) is 23.7 Å². The zero-order chi connectivity index (χ0) is 13.8. The smallest absolute Gasteiger partial charge is 0.241 e. The predicted molar refractivity (Wildman–Crippen MR) is 91.5 cm³/mol. The van der Waals surface area contributed by atoms with Crippen LogP contribution in [0.25, 0.3) is 0 Å². The summed E-state index contributed by atoms with van der Waals surface area (Å²) in [6.45, 7) is 0.953. The number of halogens is 1. The predicted octanol–water partition coefficient (Wildman–Crippen LogP) is 3.83. The highest BCUT2D eigenvalue weighted by Gasteiger charge is 2.22. The molecule has 3 rings (SSSR count). The van der Waals surface area contributed by atoms with Crippen molar-refractivity contribution >= 4 is 35.8 Å². The summed E-state index contributed by atoms with van der Waals surface area (Å²) >= 11 is 1.98. The van der Waals surface area contributed by atoms with Gasteiger partial charge in [-0.05, 0) is 56.5 Å². The van der Waals surface area contributed by atoms with Crippen LogP contribution in [0.5, 0.6) is 0 Å². The van der Waals surface area contributed by atoms with Gasteiger partial charge in [-0.25, -0.2) is 0 Å². The van der Waals surface area contributed by atoms with Crippen LogP contribution < -0.4 is 10.6 Å². The number of hydrogen-bond acceptors (Lipinski definition) is 3. The van der Waals surface area contributed by atoms with Crippen LogP contribution in [0.4, 0.5) is 5.69 Å². The van der Waals surface area contributed by atoms with Gasteiger partial charge in [0, 0.05) is 15.8 Å². The molecule has 1 amide bonds. The summed E-state index contributed by atoms with van der Waals surface area (Å²) in [4.78, 5) is 13.3. The van der Waals surface area contributed by atoms with Gasteiger partial charge in [-0.2, -0.15) is 0 Å². The molecule has 2 fully saturated rings. The Kier molecular flexibility index (Phi) is 6.40. The Morgan fingerprint density at radius 3 is 2.43 bits per heavy atom. The lowest BCUT2D eigenvalue weighted by Crippen LogP contribution is -2.35. The van der Waals surface area contributed by atoms with E-state index in [-0.39, 0.29) is 24.4 Å². The lowest BCUT2D eigenvalue weighted by molar-refractivity contribution is -0.117. The van der Waals surface area contributed by atoms with Gasteiger partial charge in [0.25, 0.3) is 0 Å². The molecule has 0 radical (unpaired) electrons. The van der Waals surface area contributed by atoms with E-state index >= 15 is 0 Å². The monoisotopic (exact) mass is 326 g/mol. The highest BCUT2D eigenvalue weighted by Crippen LogP contribution is 2.34. The zero-order valence-electron chi connectivity index (χ0n) is 12.1. The fourth-order valence-electron chi connectivity index (χ4n) is 2.95. The van der Waals surface area contributed by atoms with E-state index in [0.29, 0.717) is 0 Å². The van der Waals surface area contributed by atoms with Gasteiger partial charge in [0.1, 0.15) is 0 Å². The van der Waals surface area contributed by atoms with Crippen LogP contribution in [0.3, 0.4) is 0 Å². The third kappa shape index (κ3) is 4.63. The van der Waals surface area contributed by atoms with Gasteiger partial charge in [0.15, 0.2) is 0 Å². The highest BCUT2D eigenvalue weighted by atomic mass is 35.5. The number of hydrogen-bond donors (Lipinski definition) is 2. The Morgan fingerprint density at radius 1 is 1.10 bits per heavy atom. The van der Waals surface area contributed by atoms with Crippen LogP contribution in [0.1, 0.15) is 38.5 Å². The molecule has 3 nitrogen and oxygen atoms in total. The van der Waals surface area contributed by atoms with E-state index in [4.69, 9.17) is 0 Å². The molecule has 1 heterocycles. The van der Waals surface area contributed by atoms with Crippen LogP contribution in [0.15, 0.2) is 29.2 Å². The van der Waals surface area contributed by atoms with Gasteiger partial charge in [0.05, 0.1) is 6.04 Å². The molecule has 0 spiro atoms. The van der Waals surface area contributed by atoms with Crippen molar-refractivity contribution < 1.29 is 4.79 Å². The molecule has 0 aromatic heterocycles. The van der Waals surface area contributed by atoms with E-state index in [0.717, 1.165) is 30.3 Å². The summed E-state index contributed by atoms with van der Waals surface area (Å²) < 4.78 is 0. The van der Waals surface area contributed by atoms with E-state index in [2.05, 4.69) is 22.8 Å². The second-order valence-electron chi connectivity index (χ2n) is 5.69. The van der Waals surface area contributed by atoms with Gasteiger partial charge in [-0.15, -0.1) is 24.2 Å². The van der Waals surface area contributed by atoms with Crippen LogP contribution in [0.2, 0.25) is 0 Å². The van der Waals surface area contributed by atoms with Gasteiger partial charge in [0.2, 0.25) is 5.91 Å². The topological polar surface area (TPSA) is 41.1 Å². The van der Waals surface area contributed by atoms with Crippen LogP contribution in [0, 0.1) is 0 Å². The van der Waals surface area contributed by atoms with Crippen molar-refractivity contribution in [3.05, 3.63) is 24.3 Å². The van der Waals surface area contributed by atoms with Crippen LogP contribution in [-0.2, 0) is 4.79 Å². The molecule has 0 unspecified atom stereocenters. The first-order chi connectivity index (χ1) is 9.81. The Bertz CT molecular complexity index is 454. The second kappa shape index (κ2) is 8.06. The lowest BCUT2D eigenvalue weighted by atomic mass is 10.2. The maximum Gasteiger partial charge on any atom is 0.241 e. The Labute approximate surface area is 137 Å². The number of nitrogens with one attached hydrogen (secondary N) is 2. The third-order valence-corrected chi connectivity index (χ3v) is 5.45. The van der Waals surface area contributed by atoms with Gasteiger partial charge in [-0.3, -0.25) is 4.79 Å². The Balaban J connectivity index is 0.00000161. The molecule has 1 aliphatic carbocycles. The number of rotatable bonds is 4. The second-order valence-corrected chi connectivity index (χ2v) is 7.06. The minimum Gasteiger partial charge on any atom is -0.325 e. The standard InChI is InChI=1S/C16H22N2OS.ClH/c19-16(15-6-3-11-17-15)18-12-7-9-14(10-8-12)20-13-4-1-2-5-13;/h7-10,13,15,17H,1-6,11H2,(H,18,19);1H/t15-;/m0./s1. The average molecular weight is 327 g/mol. The van der Waals surface area contributed by atoms with Gasteiger partial charge >= 0.3 is 0 Å². The summed E-state index contributed by atoms with van der Waals surface area (Å²) in [7, 11) is 0. The Hall–Kier alpha value is -0.710. The van der Waals surface area contributed by atoms with Crippen molar-refractivity contribution in [1.82, 2.24) is 5.32 Å². The first-order valence-corrected chi connectivity index (χ1v) is 8.50. The van der Waals surface area contributed by atoms with Crippen molar-refractivity contribution in [2.45, 2.75) is 54.7 Å². The van der Waals surface area contributed by atoms with Crippen molar-refractivity contribution in [2.75, 3.05) is 11.9 Å². The summed E-state index contributed by atoms with van der Waals surface area (Å²) in [6, 6.07) is 8.28. The quantitative estimate of drug-likeness (QED) is 0.883. The number of benzene rings is 1. The summed E-state index contributed by atoms with van der Waals surface area (Å²) in [6.07, 6.45) is 7.48. The molecule has 1 atom stereocenters. The van der Waals surface area contributed by atoms with E-state index in [1.54, 1.807) is 0 Å². The molecule has 0 bridgehead atoms. The minimum atomic E-state index is -0.0115. The molecular formula is C16H23ClN2OS. The van der Waals surface area contributed by atoms with E-state index in [1.807, 2.05) is 23.9 Å². The fourth-order valence-corrected chi connectivity index (χ4v) is 4.20. The van der Waals surface area contributed by atoms with Gasteiger partial charge < -0.3 is 10.6 Å².